The third kappa shape index (κ3) is 5.03. The van der Waals surface area contributed by atoms with Crippen molar-refractivity contribution in [3.63, 3.8) is 0 Å². The molecule has 0 saturated heterocycles. The van der Waals surface area contributed by atoms with Gasteiger partial charge in [-0.2, -0.15) is 5.10 Å². The van der Waals surface area contributed by atoms with Crippen LogP contribution in [0.25, 0.3) is 0 Å². The molecular weight excluding hydrogens is 324 g/mol. The zero-order valence-electron chi connectivity index (χ0n) is 13.6. The van der Waals surface area contributed by atoms with Crippen molar-refractivity contribution in [2.24, 2.45) is 5.10 Å². The third-order valence-electron chi connectivity index (χ3n) is 3.34. The van der Waals surface area contributed by atoms with Crippen molar-refractivity contribution in [2.45, 2.75) is 17.9 Å². The first-order valence-corrected chi connectivity index (χ1v) is 8.51. The van der Waals surface area contributed by atoms with Crippen LogP contribution in [-0.4, -0.2) is 29.6 Å². The molecule has 1 unspecified atom stereocenters. The molecule has 24 heavy (non-hydrogen) atoms. The molecule has 0 aliphatic carbocycles. The Morgan fingerprint density at radius 2 is 2.04 bits per heavy atom. The van der Waals surface area contributed by atoms with E-state index >= 15 is 0 Å². The summed E-state index contributed by atoms with van der Waals surface area (Å²) in [6.07, 6.45) is 1.39. The Morgan fingerprint density at radius 3 is 2.75 bits per heavy atom. The average Bonchev–Trinajstić information content (AvgIpc) is 2.61. The summed E-state index contributed by atoms with van der Waals surface area (Å²) < 4.78 is 5.02. The van der Waals surface area contributed by atoms with E-state index in [0.717, 1.165) is 5.75 Å². The zero-order chi connectivity index (χ0) is 17.4. The summed E-state index contributed by atoms with van der Waals surface area (Å²) in [5.41, 5.74) is 4.13. The number of hydrogen-bond donors (Lipinski definition) is 2. The number of nitrogens with one attached hydrogen (secondary N) is 1. The molecule has 0 aliphatic rings. The van der Waals surface area contributed by atoms with E-state index in [1.54, 1.807) is 18.2 Å². The van der Waals surface area contributed by atoms with Crippen molar-refractivity contribution in [3.8, 4) is 11.5 Å². The van der Waals surface area contributed by atoms with Crippen LogP contribution in [-0.2, 0) is 10.5 Å². The quantitative estimate of drug-likeness (QED) is 0.598. The number of aromatic hydroxyl groups is 1. The number of phenols is 1. The Labute approximate surface area is 145 Å². The van der Waals surface area contributed by atoms with Gasteiger partial charge in [0.15, 0.2) is 11.5 Å². The molecule has 1 amide bonds. The molecule has 0 aromatic heterocycles. The predicted molar refractivity (Wildman–Crippen MR) is 97.6 cm³/mol. The van der Waals surface area contributed by atoms with Gasteiger partial charge in [0, 0.05) is 11.3 Å². The van der Waals surface area contributed by atoms with Gasteiger partial charge in [-0.15, -0.1) is 11.8 Å². The number of amides is 1. The second kappa shape index (κ2) is 8.98. The van der Waals surface area contributed by atoms with Crippen LogP contribution < -0.4 is 10.2 Å². The number of hydrogen-bond acceptors (Lipinski definition) is 5. The fourth-order valence-corrected chi connectivity index (χ4v) is 2.77. The molecule has 2 aromatic rings. The molecule has 0 saturated carbocycles. The summed E-state index contributed by atoms with van der Waals surface area (Å²) >= 11 is 1.54. The Hall–Kier alpha value is -2.47. The second-order valence-electron chi connectivity index (χ2n) is 5.07. The van der Waals surface area contributed by atoms with E-state index in [4.69, 9.17) is 4.74 Å². The van der Waals surface area contributed by atoms with E-state index in [1.165, 1.54) is 30.6 Å². The highest BCUT2D eigenvalue weighted by molar-refractivity contribution is 7.99. The second-order valence-corrected chi connectivity index (χ2v) is 6.40. The normalized spacial score (nSPS) is 12.1. The van der Waals surface area contributed by atoms with Crippen molar-refractivity contribution >= 4 is 23.9 Å². The van der Waals surface area contributed by atoms with Gasteiger partial charge in [0.2, 0.25) is 0 Å². The maximum atomic E-state index is 12.0. The number of hydrazone groups is 1. The Balaban J connectivity index is 1.86. The van der Waals surface area contributed by atoms with Gasteiger partial charge in [0.1, 0.15) is 0 Å². The van der Waals surface area contributed by atoms with E-state index in [-0.39, 0.29) is 16.9 Å². The van der Waals surface area contributed by atoms with Gasteiger partial charge < -0.3 is 9.84 Å². The van der Waals surface area contributed by atoms with Gasteiger partial charge in [-0.3, -0.25) is 4.79 Å². The summed E-state index contributed by atoms with van der Waals surface area (Å²) in [7, 11) is 1.48. The van der Waals surface area contributed by atoms with E-state index < -0.39 is 0 Å². The molecular formula is C18H20N2O3S. The SMILES string of the molecule is COc1cccc(C=NNC(=O)C(C)SCc2ccccc2)c1O. The highest BCUT2D eigenvalue weighted by atomic mass is 32.2. The Morgan fingerprint density at radius 1 is 1.29 bits per heavy atom. The molecule has 5 nitrogen and oxygen atoms in total. The number of carbonyl (C=O) groups is 1. The maximum Gasteiger partial charge on any atom is 0.252 e. The zero-order valence-corrected chi connectivity index (χ0v) is 14.4. The van der Waals surface area contributed by atoms with Gasteiger partial charge in [0.25, 0.3) is 5.91 Å². The van der Waals surface area contributed by atoms with Gasteiger partial charge in [-0.25, -0.2) is 5.43 Å². The van der Waals surface area contributed by atoms with E-state index in [9.17, 15) is 9.90 Å². The third-order valence-corrected chi connectivity index (χ3v) is 4.55. The van der Waals surface area contributed by atoms with E-state index in [0.29, 0.717) is 11.3 Å². The fourth-order valence-electron chi connectivity index (χ4n) is 1.94. The lowest BCUT2D eigenvalue weighted by molar-refractivity contribution is -0.120. The van der Waals surface area contributed by atoms with Gasteiger partial charge in [-0.05, 0) is 24.6 Å². The highest BCUT2D eigenvalue weighted by Gasteiger charge is 2.12. The number of benzene rings is 2. The summed E-state index contributed by atoms with van der Waals surface area (Å²) in [4.78, 5) is 12.0. The minimum absolute atomic E-state index is 0.00972. The summed E-state index contributed by atoms with van der Waals surface area (Å²) in [6.45, 7) is 1.83. The van der Waals surface area contributed by atoms with Crippen molar-refractivity contribution in [2.75, 3.05) is 7.11 Å². The molecule has 0 fully saturated rings. The Kier molecular flexibility index (Phi) is 6.69. The summed E-state index contributed by atoms with van der Waals surface area (Å²) in [5, 5.41) is 13.6. The minimum atomic E-state index is -0.235. The molecule has 0 aliphatic heterocycles. The number of nitrogens with zero attached hydrogens (tertiary/aromatic N) is 1. The highest BCUT2D eigenvalue weighted by Crippen LogP contribution is 2.27. The Bertz CT molecular complexity index is 705. The van der Waals surface area contributed by atoms with Crippen LogP contribution in [0, 0.1) is 0 Å². The number of phenolic OH excluding ortho intramolecular Hbond substituents is 1. The summed E-state index contributed by atoms with van der Waals surface area (Å²) in [5.74, 6) is 0.923. The molecule has 2 N–H and O–H groups in total. The van der Waals surface area contributed by atoms with E-state index in [1.807, 2.05) is 37.3 Å². The molecule has 6 heteroatoms. The van der Waals surface area contributed by atoms with Crippen molar-refractivity contribution in [1.29, 1.82) is 0 Å². The lowest BCUT2D eigenvalue weighted by Crippen LogP contribution is -2.27. The maximum absolute atomic E-state index is 12.0. The van der Waals surface area contributed by atoms with Crippen molar-refractivity contribution < 1.29 is 14.6 Å². The number of thioether (sulfide) groups is 1. The van der Waals surface area contributed by atoms with Gasteiger partial charge >= 0.3 is 0 Å². The van der Waals surface area contributed by atoms with Gasteiger partial charge in [-0.1, -0.05) is 36.4 Å². The molecule has 0 radical (unpaired) electrons. The molecule has 0 heterocycles. The number of para-hydroxylation sites is 1. The standard InChI is InChI=1S/C18H20N2O3S/c1-13(24-12-14-7-4-3-5-8-14)18(22)20-19-11-15-9-6-10-16(23-2)17(15)21/h3-11,13,21H,12H2,1-2H3,(H,20,22). The first-order valence-electron chi connectivity index (χ1n) is 7.46. The lowest BCUT2D eigenvalue weighted by atomic mass is 10.2. The number of ether oxygens (including phenoxy) is 1. The van der Waals surface area contributed by atoms with Crippen LogP contribution >= 0.6 is 11.8 Å². The van der Waals surface area contributed by atoms with Crippen LogP contribution in [0.3, 0.4) is 0 Å². The monoisotopic (exact) mass is 344 g/mol. The fraction of sp³-hybridized carbons (Fsp3) is 0.222. The smallest absolute Gasteiger partial charge is 0.252 e. The molecule has 0 spiro atoms. The van der Waals surface area contributed by atoms with Crippen molar-refractivity contribution in [1.82, 2.24) is 5.43 Å². The first kappa shape index (κ1) is 17.9. The van der Waals surface area contributed by atoms with Gasteiger partial charge in [0.05, 0.1) is 18.6 Å². The van der Waals surface area contributed by atoms with E-state index in [2.05, 4.69) is 10.5 Å². The largest absolute Gasteiger partial charge is 0.504 e. The van der Waals surface area contributed by atoms with Crippen LogP contribution in [0.1, 0.15) is 18.1 Å². The van der Waals surface area contributed by atoms with Crippen LogP contribution in [0.2, 0.25) is 0 Å². The molecule has 1 atom stereocenters. The van der Waals surface area contributed by atoms with Crippen LogP contribution in [0.4, 0.5) is 0 Å². The predicted octanol–water partition coefficient (Wildman–Crippen LogP) is 3.17. The van der Waals surface area contributed by atoms with Crippen LogP contribution in [0.15, 0.2) is 53.6 Å². The number of carbonyl (C=O) groups excluding carboxylic acids is 1. The number of rotatable bonds is 7. The van der Waals surface area contributed by atoms with Crippen molar-refractivity contribution in [3.05, 3.63) is 59.7 Å². The topological polar surface area (TPSA) is 70.9 Å². The molecule has 2 aromatic carbocycles. The average molecular weight is 344 g/mol. The minimum Gasteiger partial charge on any atom is -0.504 e. The number of methoxy groups -OCH3 is 1. The molecule has 0 bridgehead atoms. The molecule has 126 valence electrons. The summed E-state index contributed by atoms with van der Waals surface area (Å²) in [6, 6.07) is 15.0. The molecule has 2 rings (SSSR count). The lowest BCUT2D eigenvalue weighted by Gasteiger charge is -2.09. The van der Waals surface area contributed by atoms with Crippen LogP contribution in [0.5, 0.6) is 11.5 Å². The first-order chi connectivity index (χ1) is 11.6.